The van der Waals surface area contributed by atoms with Gasteiger partial charge in [-0.05, 0) is 62.4 Å². The Morgan fingerprint density at radius 1 is 0.661 bits per heavy atom. The summed E-state index contributed by atoms with van der Waals surface area (Å²) < 4.78 is 83.9. The van der Waals surface area contributed by atoms with Crippen molar-refractivity contribution in [3.05, 3.63) is 114 Å². The number of ether oxygens (including phenoxy) is 5. The number of benzene rings is 4. The molecule has 2 amide bonds. The van der Waals surface area contributed by atoms with Gasteiger partial charge in [-0.25, -0.2) is 27.2 Å². The lowest BCUT2D eigenvalue weighted by Gasteiger charge is -2.11. The summed E-state index contributed by atoms with van der Waals surface area (Å²) in [5.74, 6) is -8.88. The van der Waals surface area contributed by atoms with Gasteiger partial charge in [-0.2, -0.15) is 0 Å². The molecular weight excluding hydrogens is 867 g/mol. The van der Waals surface area contributed by atoms with Crippen molar-refractivity contribution in [2.24, 2.45) is 11.5 Å². The zero-order chi connectivity index (χ0) is 43.3. The summed E-state index contributed by atoms with van der Waals surface area (Å²) in [6.07, 6.45) is 0. The Bertz CT molecular complexity index is 2590. The molecule has 0 spiro atoms. The van der Waals surface area contributed by atoms with Crippen LogP contribution in [0.15, 0.2) is 48.5 Å². The molecule has 0 bridgehead atoms. The second-order valence-electron chi connectivity index (χ2n) is 11.8. The van der Waals surface area contributed by atoms with E-state index in [1.165, 1.54) is 19.2 Å². The molecule has 0 radical (unpaired) electrons. The van der Waals surface area contributed by atoms with Crippen molar-refractivity contribution >= 4 is 89.8 Å². The number of hydrogen-bond acceptors (Lipinski definition) is 12. The SMILES string of the molecule is CCOC(=O)c1sc2c(O)ccc(Cl)c2c1COc1c(F)cc(C(N)=O)cc1F.CCOC(=O)c1sc2c(OC)ccc(Cl)c2c1COc1c(F)cc(C(N)=O)cc1F. The van der Waals surface area contributed by atoms with Gasteiger partial charge in [0, 0.05) is 43.1 Å². The van der Waals surface area contributed by atoms with Gasteiger partial charge in [0.2, 0.25) is 11.8 Å². The fourth-order valence-electron chi connectivity index (χ4n) is 5.54. The minimum Gasteiger partial charge on any atom is -0.506 e. The number of halogens is 6. The third-order valence-corrected chi connectivity index (χ3v) is 11.2. The average molecular weight is 898 g/mol. The quantitative estimate of drug-likeness (QED) is 0.0746. The molecule has 0 atom stereocenters. The van der Waals surface area contributed by atoms with Crippen molar-refractivity contribution in [1.82, 2.24) is 0 Å². The van der Waals surface area contributed by atoms with Crippen molar-refractivity contribution in [2.45, 2.75) is 27.1 Å². The highest BCUT2D eigenvalue weighted by Gasteiger charge is 2.27. The van der Waals surface area contributed by atoms with E-state index in [1.807, 2.05) is 0 Å². The number of amides is 2. The van der Waals surface area contributed by atoms with E-state index in [1.54, 1.807) is 26.0 Å². The van der Waals surface area contributed by atoms with E-state index in [0.717, 1.165) is 46.9 Å². The van der Waals surface area contributed by atoms with E-state index in [9.17, 15) is 41.8 Å². The highest BCUT2D eigenvalue weighted by atomic mass is 35.5. The summed E-state index contributed by atoms with van der Waals surface area (Å²) in [5, 5.41) is 11.4. The number of aromatic hydroxyl groups is 1. The van der Waals surface area contributed by atoms with Crippen LogP contribution in [0.3, 0.4) is 0 Å². The first-order chi connectivity index (χ1) is 28.0. The Morgan fingerprint density at radius 2 is 1.05 bits per heavy atom. The van der Waals surface area contributed by atoms with E-state index in [0.29, 0.717) is 36.5 Å². The number of phenols is 1. The summed E-state index contributed by atoms with van der Waals surface area (Å²) >= 11 is 14.5. The van der Waals surface area contributed by atoms with E-state index in [4.69, 9.17) is 58.4 Å². The summed E-state index contributed by atoms with van der Waals surface area (Å²) in [6, 6.07) is 9.05. The molecule has 0 saturated carbocycles. The molecule has 20 heteroatoms. The molecule has 0 fully saturated rings. The van der Waals surface area contributed by atoms with Gasteiger partial charge in [-0.1, -0.05) is 23.2 Å². The molecule has 2 heterocycles. The maximum Gasteiger partial charge on any atom is 0.348 e. The van der Waals surface area contributed by atoms with Crippen LogP contribution in [0.2, 0.25) is 10.0 Å². The number of carbonyl (C=O) groups excluding carboxylic acids is 4. The number of esters is 2. The number of rotatable bonds is 13. The Hall–Kier alpha value is -5.82. The minimum absolute atomic E-state index is 0.0832. The number of fused-ring (bicyclic) bond motifs is 2. The van der Waals surface area contributed by atoms with Crippen molar-refractivity contribution in [3.8, 4) is 23.0 Å². The molecule has 2 aromatic heterocycles. The van der Waals surface area contributed by atoms with Gasteiger partial charge in [-0.15, -0.1) is 22.7 Å². The van der Waals surface area contributed by atoms with Gasteiger partial charge in [0.05, 0.1) is 29.7 Å². The number of methoxy groups -OCH3 is 1. The van der Waals surface area contributed by atoms with Crippen molar-refractivity contribution in [1.29, 1.82) is 0 Å². The fraction of sp³-hybridized carbons (Fsp3) is 0.179. The van der Waals surface area contributed by atoms with E-state index in [2.05, 4.69) is 0 Å². The lowest BCUT2D eigenvalue weighted by molar-refractivity contribution is 0.0520. The summed E-state index contributed by atoms with van der Waals surface area (Å²) in [7, 11) is 1.47. The van der Waals surface area contributed by atoms with Gasteiger partial charge in [0.1, 0.15) is 34.5 Å². The molecule has 0 aliphatic carbocycles. The fourth-order valence-corrected chi connectivity index (χ4v) is 8.55. The van der Waals surface area contributed by atoms with Gasteiger partial charge in [0.15, 0.2) is 34.8 Å². The van der Waals surface area contributed by atoms with Crippen LogP contribution >= 0.6 is 45.9 Å². The first-order valence-corrected chi connectivity index (χ1v) is 19.3. The lowest BCUT2D eigenvalue weighted by atomic mass is 10.1. The van der Waals surface area contributed by atoms with Gasteiger partial charge >= 0.3 is 11.9 Å². The molecule has 4 aromatic carbocycles. The van der Waals surface area contributed by atoms with Crippen LogP contribution in [0.4, 0.5) is 17.6 Å². The largest absolute Gasteiger partial charge is 0.506 e. The molecule has 6 aromatic rings. The van der Waals surface area contributed by atoms with Gasteiger partial charge in [-0.3, -0.25) is 9.59 Å². The minimum atomic E-state index is -1.13. The number of primary amides is 2. The Labute approximate surface area is 349 Å². The van der Waals surface area contributed by atoms with Crippen LogP contribution in [0.1, 0.15) is 65.0 Å². The molecule has 59 heavy (non-hydrogen) atoms. The molecular formula is C39H30Cl2F4N2O10S2. The summed E-state index contributed by atoms with van der Waals surface area (Å²) in [5.41, 5.74) is 9.90. The zero-order valence-electron chi connectivity index (χ0n) is 30.8. The average Bonchev–Trinajstić information content (AvgIpc) is 3.77. The number of phenolic OH excluding ortho intramolecular Hbond substituents is 1. The van der Waals surface area contributed by atoms with Crippen LogP contribution in [0.5, 0.6) is 23.0 Å². The molecule has 5 N–H and O–H groups in total. The van der Waals surface area contributed by atoms with E-state index < -0.39 is 65.1 Å². The second kappa shape index (κ2) is 18.8. The lowest BCUT2D eigenvalue weighted by Crippen LogP contribution is -2.13. The highest BCUT2D eigenvalue weighted by molar-refractivity contribution is 7.22. The summed E-state index contributed by atoms with van der Waals surface area (Å²) in [4.78, 5) is 47.3. The third kappa shape index (κ3) is 9.41. The summed E-state index contributed by atoms with van der Waals surface area (Å²) in [6.45, 7) is 2.68. The predicted molar refractivity (Wildman–Crippen MR) is 212 cm³/mol. The number of thiophene rings is 2. The number of carbonyl (C=O) groups is 4. The van der Waals surface area contributed by atoms with E-state index >= 15 is 0 Å². The molecule has 310 valence electrons. The number of nitrogens with two attached hydrogens (primary N) is 2. The van der Waals surface area contributed by atoms with Gasteiger partial charge in [0.25, 0.3) is 0 Å². The first kappa shape index (κ1) is 44.3. The highest BCUT2D eigenvalue weighted by Crippen LogP contribution is 2.44. The van der Waals surface area contributed by atoms with Crippen LogP contribution in [0, 0.1) is 23.3 Å². The molecule has 6 rings (SSSR count). The van der Waals surface area contributed by atoms with Crippen LogP contribution in [-0.2, 0) is 22.7 Å². The Kier molecular flexibility index (Phi) is 14.1. The van der Waals surface area contributed by atoms with Gasteiger partial charge < -0.3 is 40.3 Å². The first-order valence-electron chi connectivity index (χ1n) is 16.9. The third-order valence-electron chi connectivity index (χ3n) is 8.15. The zero-order valence-corrected chi connectivity index (χ0v) is 34.0. The topological polar surface area (TPSA) is 187 Å². The monoisotopic (exact) mass is 896 g/mol. The van der Waals surface area contributed by atoms with Crippen LogP contribution in [0.25, 0.3) is 20.2 Å². The number of hydrogen-bond donors (Lipinski definition) is 3. The van der Waals surface area contributed by atoms with Crippen LogP contribution < -0.4 is 25.7 Å². The normalized spacial score (nSPS) is 10.9. The molecule has 0 unspecified atom stereocenters. The van der Waals surface area contributed by atoms with E-state index in [-0.39, 0.29) is 57.0 Å². The Morgan fingerprint density at radius 3 is 1.44 bits per heavy atom. The molecule has 0 saturated heterocycles. The van der Waals surface area contributed by atoms with Crippen molar-refractivity contribution in [3.63, 3.8) is 0 Å². The predicted octanol–water partition coefficient (Wildman–Crippen LogP) is 9.09. The van der Waals surface area contributed by atoms with Crippen LogP contribution in [-0.4, -0.2) is 49.2 Å². The molecule has 12 nitrogen and oxygen atoms in total. The maximum absolute atomic E-state index is 14.3. The molecule has 0 aliphatic heterocycles. The maximum atomic E-state index is 14.3. The smallest absolute Gasteiger partial charge is 0.348 e. The second-order valence-corrected chi connectivity index (χ2v) is 14.7. The standard InChI is InChI=1S/C20H16ClF2NO5S.C19H14ClF2NO5S/c1-3-28-20(26)17-10(15-11(21)4-5-14(27-2)18(15)30-17)8-29-16-12(22)6-9(19(24)25)7-13(16)23;1-2-27-19(26)16-9(14-10(20)3-4-13(24)17(14)29-16)7-28-15-11(21)5-8(18(23)25)6-12(15)22/h4-7H,3,8H2,1-2H3,(H2,24,25);3-6,24H,2,7H2,1H3,(H2,23,25). The van der Waals surface area contributed by atoms with Crippen molar-refractivity contribution in [2.75, 3.05) is 20.3 Å². The molecule has 0 aliphatic rings. The van der Waals surface area contributed by atoms with Crippen molar-refractivity contribution < 1.29 is 65.5 Å². The Balaban J connectivity index is 0.000000224.